The summed E-state index contributed by atoms with van der Waals surface area (Å²) in [7, 11) is 0. The summed E-state index contributed by atoms with van der Waals surface area (Å²) in [6.45, 7) is 0. The van der Waals surface area contributed by atoms with Crippen molar-refractivity contribution >= 4 is 39.0 Å². The molecule has 0 radical (unpaired) electrons. The fourth-order valence-corrected chi connectivity index (χ4v) is 3.68. The van der Waals surface area contributed by atoms with Crippen LogP contribution in [0.4, 0.5) is 0 Å². The highest BCUT2D eigenvalue weighted by molar-refractivity contribution is 8.02. The Labute approximate surface area is 131 Å². The second-order valence-electron chi connectivity index (χ2n) is 5.35. The highest BCUT2D eigenvalue weighted by Gasteiger charge is 2.11. The summed E-state index contributed by atoms with van der Waals surface area (Å²) >= 11 is 1.79. The minimum absolute atomic E-state index is 0.0912. The predicted octanol–water partition coefficient (Wildman–Crippen LogP) is 3.93. The molecule has 0 amide bonds. The first kappa shape index (κ1) is 13.3. The van der Waals surface area contributed by atoms with E-state index in [9.17, 15) is 9.90 Å². The standard InChI is InChI=1S/C18H13NO2S/c20-14-3-1-11-2-4-17-16(18(21)15(11)8-14)7-13(9-19-17)12-5-6-22-10-12/h1-4,7-10,20H,5-6H2. The van der Waals surface area contributed by atoms with Gasteiger partial charge in [0.15, 0.2) is 5.43 Å². The van der Waals surface area contributed by atoms with Crippen molar-refractivity contribution < 1.29 is 5.11 Å². The molecule has 0 unspecified atom stereocenters. The molecule has 0 saturated heterocycles. The van der Waals surface area contributed by atoms with Crippen LogP contribution in [-0.2, 0) is 0 Å². The normalized spacial score (nSPS) is 14.5. The molecule has 22 heavy (non-hydrogen) atoms. The molecule has 1 N–H and O–H groups in total. The molecule has 4 heteroatoms. The van der Waals surface area contributed by atoms with E-state index in [2.05, 4.69) is 10.4 Å². The van der Waals surface area contributed by atoms with Gasteiger partial charge in [-0.1, -0.05) is 12.1 Å². The van der Waals surface area contributed by atoms with Crippen molar-refractivity contribution in [1.82, 2.24) is 4.98 Å². The van der Waals surface area contributed by atoms with E-state index in [-0.39, 0.29) is 11.2 Å². The number of fused-ring (bicyclic) bond motifs is 2. The highest BCUT2D eigenvalue weighted by Crippen LogP contribution is 2.30. The number of pyridine rings is 1. The number of rotatable bonds is 1. The molecule has 0 spiro atoms. The van der Waals surface area contributed by atoms with Crippen molar-refractivity contribution in [2.45, 2.75) is 6.42 Å². The van der Waals surface area contributed by atoms with Gasteiger partial charge in [0.2, 0.25) is 0 Å². The zero-order valence-electron chi connectivity index (χ0n) is 11.7. The van der Waals surface area contributed by atoms with E-state index >= 15 is 0 Å². The lowest BCUT2D eigenvalue weighted by atomic mass is 10.1. The smallest absolute Gasteiger partial charge is 0.195 e. The number of benzene rings is 1. The van der Waals surface area contributed by atoms with E-state index in [1.54, 1.807) is 23.9 Å². The van der Waals surface area contributed by atoms with Crippen LogP contribution in [0.15, 0.2) is 52.8 Å². The predicted molar refractivity (Wildman–Crippen MR) is 92.2 cm³/mol. The van der Waals surface area contributed by atoms with Gasteiger partial charge in [-0.05, 0) is 52.6 Å². The van der Waals surface area contributed by atoms with Gasteiger partial charge < -0.3 is 5.11 Å². The molecule has 1 aliphatic heterocycles. The number of hydrogen-bond donors (Lipinski definition) is 1. The minimum atomic E-state index is -0.0912. The Hall–Kier alpha value is -2.33. The van der Waals surface area contributed by atoms with Gasteiger partial charge >= 0.3 is 0 Å². The lowest BCUT2D eigenvalue weighted by Crippen LogP contribution is -2.00. The van der Waals surface area contributed by atoms with E-state index in [0.29, 0.717) is 16.3 Å². The summed E-state index contributed by atoms with van der Waals surface area (Å²) < 4.78 is 0. The van der Waals surface area contributed by atoms with Crippen molar-refractivity contribution in [3.05, 3.63) is 63.8 Å². The Kier molecular flexibility index (Phi) is 3.12. The van der Waals surface area contributed by atoms with E-state index in [4.69, 9.17) is 0 Å². The van der Waals surface area contributed by atoms with Gasteiger partial charge in [-0.25, -0.2) is 0 Å². The van der Waals surface area contributed by atoms with Gasteiger partial charge in [0.05, 0.1) is 5.52 Å². The van der Waals surface area contributed by atoms with Gasteiger partial charge in [-0.3, -0.25) is 9.78 Å². The SMILES string of the molecule is O=c1c2cc(O)ccc2ccc2ncc(C3=CSCC3)cc12. The number of phenolic OH excluding ortho intramolecular Hbond substituents is 1. The average molecular weight is 307 g/mol. The Balaban J connectivity index is 2.08. The summed E-state index contributed by atoms with van der Waals surface area (Å²) in [4.78, 5) is 17.3. The second kappa shape index (κ2) is 5.14. The monoisotopic (exact) mass is 307 g/mol. The zero-order valence-corrected chi connectivity index (χ0v) is 12.6. The topological polar surface area (TPSA) is 50.2 Å². The number of allylic oxidation sites excluding steroid dienone is 1. The van der Waals surface area contributed by atoms with Crippen LogP contribution >= 0.6 is 11.8 Å². The number of aromatic hydroxyl groups is 1. The van der Waals surface area contributed by atoms with E-state index in [1.807, 2.05) is 24.4 Å². The number of phenols is 1. The summed E-state index contributed by atoms with van der Waals surface area (Å²) in [5, 5.41) is 13.7. The van der Waals surface area contributed by atoms with Gasteiger partial charge in [-0.2, -0.15) is 0 Å². The number of hydrogen-bond acceptors (Lipinski definition) is 4. The van der Waals surface area contributed by atoms with Gasteiger partial charge in [0, 0.05) is 22.7 Å². The maximum atomic E-state index is 12.8. The van der Waals surface area contributed by atoms with Crippen LogP contribution in [0, 0.1) is 0 Å². The Bertz CT molecular complexity index is 995. The molecule has 3 nitrogen and oxygen atoms in total. The molecular weight excluding hydrogens is 294 g/mol. The maximum absolute atomic E-state index is 12.8. The third-order valence-electron chi connectivity index (χ3n) is 3.95. The summed E-state index contributed by atoms with van der Waals surface area (Å²) in [5.74, 6) is 1.18. The molecule has 3 aromatic rings. The second-order valence-corrected chi connectivity index (χ2v) is 6.33. The zero-order chi connectivity index (χ0) is 15.1. The lowest BCUT2D eigenvalue weighted by Gasteiger charge is -2.01. The lowest BCUT2D eigenvalue weighted by molar-refractivity contribution is 0.476. The van der Waals surface area contributed by atoms with Crippen molar-refractivity contribution in [1.29, 1.82) is 0 Å². The molecule has 0 fully saturated rings. The van der Waals surface area contributed by atoms with E-state index < -0.39 is 0 Å². The molecule has 0 aliphatic carbocycles. The van der Waals surface area contributed by atoms with Crippen LogP contribution in [0.5, 0.6) is 5.75 Å². The maximum Gasteiger partial charge on any atom is 0.195 e. The molecule has 1 aromatic heterocycles. The van der Waals surface area contributed by atoms with Gasteiger partial charge in [-0.15, -0.1) is 11.8 Å². The molecule has 0 bridgehead atoms. The molecule has 0 atom stereocenters. The van der Waals surface area contributed by atoms with E-state index in [0.717, 1.165) is 23.1 Å². The number of thioether (sulfide) groups is 1. The van der Waals surface area contributed by atoms with Crippen LogP contribution in [0.2, 0.25) is 0 Å². The van der Waals surface area contributed by atoms with E-state index in [1.165, 1.54) is 11.6 Å². The van der Waals surface area contributed by atoms with Gasteiger partial charge in [0.25, 0.3) is 0 Å². The van der Waals surface area contributed by atoms with Crippen molar-refractivity contribution in [2.75, 3.05) is 5.75 Å². The Morgan fingerprint density at radius 2 is 1.95 bits per heavy atom. The first-order chi connectivity index (χ1) is 10.7. The first-order valence-electron chi connectivity index (χ1n) is 7.09. The number of nitrogens with zero attached hydrogens (tertiary/aromatic N) is 1. The third-order valence-corrected chi connectivity index (χ3v) is 4.84. The summed E-state index contributed by atoms with van der Waals surface area (Å²) in [5.41, 5.74) is 2.83. The van der Waals surface area contributed by atoms with Crippen LogP contribution in [-0.4, -0.2) is 15.8 Å². The largest absolute Gasteiger partial charge is 0.508 e. The van der Waals surface area contributed by atoms with Crippen LogP contribution in [0.3, 0.4) is 0 Å². The molecule has 2 aromatic carbocycles. The Morgan fingerprint density at radius 1 is 1.09 bits per heavy atom. The van der Waals surface area contributed by atoms with Crippen LogP contribution < -0.4 is 5.43 Å². The van der Waals surface area contributed by atoms with Crippen molar-refractivity contribution in [3.8, 4) is 5.75 Å². The quantitative estimate of drug-likeness (QED) is 0.740. The molecule has 108 valence electrons. The minimum Gasteiger partial charge on any atom is -0.508 e. The van der Waals surface area contributed by atoms with Crippen molar-refractivity contribution in [3.63, 3.8) is 0 Å². The fourth-order valence-electron chi connectivity index (χ4n) is 2.77. The number of aromatic nitrogens is 1. The average Bonchev–Trinajstić information content (AvgIpc) is 3.03. The van der Waals surface area contributed by atoms with Crippen LogP contribution in [0.25, 0.3) is 27.2 Å². The van der Waals surface area contributed by atoms with Crippen LogP contribution in [0.1, 0.15) is 12.0 Å². The third kappa shape index (κ3) is 2.16. The Morgan fingerprint density at radius 3 is 2.77 bits per heavy atom. The summed E-state index contributed by atoms with van der Waals surface area (Å²) in [6.07, 6.45) is 2.84. The highest BCUT2D eigenvalue weighted by atomic mass is 32.2. The molecule has 2 heterocycles. The molecular formula is C18H13NO2S. The molecule has 1 aliphatic rings. The van der Waals surface area contributed by atoms with Gasteiger partial charge in [0.1, 0.15) is 5.75 Å². The molecule has 4 rings (SSSR count). The first-order valence-corrected chi connectivity index (χ1v) is 8.14. The molecule has 0 saturated carbocycles. The summed E-state index contributed by atoms with van der Waals surface area (Å²) in [6, 6.07) is 10.5. The van der Waals surface area contributed by atoms with Crippen molar-refractivity contribution in [2.24, 2.45) is 0 Å². The fraction of sp³-hybridized carbons (Fsp3) is 0.111.